The molecule has 0 aromatic heterocycles. The van der Waals surface area contributed by atoms with Gasteiger partial charge in [-0.25, -0.2) is 0 Å². The minimum Gasteiger partial charge on any atom is -0.493 e. The first-order valence-electron chi connectivity index (χ1n) is 4.33. The van der Waals surface area contributed by atoms with E-state index in [4.69, 9.17) is 14.6 Å². The van der Waals surface area contributed by atoms with Gasteiger partial charge in [0.25, 0.3) is 0 Å². The summed E-state index contributed by atoms with van der Waals surface area (Å²) >= 11 is 0. The molecule has 1 rings (SSSR count). The summed E-state index contributed by atoms with van der Waals surface area (Å²) in [6, 6.07) is 5.55. The molecule has 0 saturated heterocycles. The number of rotatable bonds is 5. The second-order valence-electron chi connectivity index (χ2n) is 2.75. The zero-order valence-corrected chi connectivity index (χ0v) is 8.19. The molecule has 0 amide bonds. The number of aliphatic hydroxyl groups is 1. The first-order chi connectivity index (χ1) is 6.81. The summed E-state index contributed by atoms with van der Waals surface area (Å²) in [5.41, 5.74) is 1.10. The third-order valence-electron chi connectivity index (χ3n) is 1.83. The van der Waals surface area contributed by atoms with Crippen LogP contribution in [0.1, 0.15) is 5.56 Å². The maximum absolute atomic E-state index is 8.62. The van der Waals surface area contributed by atoms with Crippen LogP contribution in [0.3, 0.4) is 0 Å². The number of aliphatic hydroxyl groups excluding tert-OH is 1. The van der Waals surface area contributed by atoms with E-state index in [-0.39, 0.29) is 6.79 Å². The second kappa shape index (κ2) is 5.29. The first kappa shape index (κ1) is 10.6. The van der Waals surface area contributed by atoms with Crippen LogP contribution in [-0.4, -0.2) is 19.0 Å². The van der Waals surface area contributed by atoms with Gasteiger partial charge in [-0.15, -0.1) is 6.58 Å². The molecule has 0 aliphatic heterocycles. The summed E-state index contributed by atoms with van der Waals surface area (Å²) in [6.07, 6.45) is 2.61. The van der Waals surface area contributed by atoms with Crippen molar-refractivity contribution >= 4 is 0 Å². The lowest BCUT2D eigenvalue weighted by Crippen LogP contribution is -1.98. The van der Waals surface area contributed by atoms with E-state index in [2.05, 4.69) is 6.58 Å². The van der Waals surface area contributed by atoms with E-state index in [1.165, 1.54) is 0 Å². The normalized spacial score (nSPS) is 9.57. The smallest absolute Gasteiger partial charge is 0.186 e. The number of ether oxygens (including phenoxy) is 2. The Kier molecular flexibility index (Phi) is 4.01. The van der Waals surface area contributed by atoms with Crippen LogP contribution in [0.25, 0.3) is 0 Å². The molecule has 0 radical (unpaired) electrons. The van der Waals surface area contributed by atoms with Crippen molar-refractivity contribution in [3.05, 3.63) is 36.4 Å². The molecule has 0 saturated carbocycles. The van der Waals surface area contributed by atoms with Crippen LogP contribution < -0.4 is 9.47 Å². The Morgan fingerprint density at radius 1 is 1.43 bits per heavy atom. The van der Waals surface area contributed by atoms with Crippen LogP contribution in [0.2, 0.25) is 0 Å². The maximum Gasteiger partial charge on any atom is 0.186 e. The van der Waals surface area contributed by atoms with Gasteiger partial charge in [0.05, 0.1) is 7.11 Å². The Labute approximate surface area is 83.6 Å². The Morgan fingerprint density at radius 2 is 2.21 bits per heavy atom. The van der Waals surface area contributed by atoms with Crippen molar-refractivity contribution in [3.63, 3.8) is 0 Å². The maximum atomic E-state index is 8.62. The minimum absolute atomic E-state index is 0.350. The molecule has 0 heterocycles. The van der Waals surface area contributed by atoms with Crippen molar-refractivity contribution in [2.45, 2.75) is 6.42 Å². The molecule has 0 fully saturated rings. The fraction of sp³-hybridized carbons (Fsp3) is 0.273. The minimum atomic E-state index is -0.350. The molecule has 0 spiro atoms. The van der Waals surface area contributed by atoms with E-state index in [1.54, 1.807) is 13.2 Å². The zero-order valence-electron chi connectivity index (χ0n) is 8.19. The van der Waals surface area contributed by atoms with Gasteiger partial charge >= 0.3 is 0 Å². The number of hydrogen-bond acceptors (Lipinski definition) is 3. The quantitative estimate of drug-likeness (QED) is 0.573. The van der Waals surface area contributed by atoms with Crippen molar-refractivity contribution in [2.75, 3.05) is 13.9 Å². The summed E-state index contributed by atoms with van der Waals surface area (Å²) in [5.74, 6) is 1.17. The molecule has 0 aliphatic rings. The SMILES string of the molecule is C=CCc1ccc(OCO)c(OC)c1. The van der Waals surface area contributed by atoms with E-state index < -0.39 is 0 Å². The average molecular weight is 194 g/mol. The molecule has 0 unspecified atom stereocenters. The molecule has 1 N–H and O–H groups in total. The Morgan fingerprint density at radius 3 is 2.79 bits per heavy atom. The third-order valence-corrected chi connectivity index (χ3v) is 1.83. The van der Waals surface area contributed by atoms with Crippen molar-refractivity contribution in [1.29, 1.82) is 0 Å². The zero-order chi connectivity index (χ0) is 10.4. The summed E-state index contributed by atoms with van der Waals surface area (Å²) in [5, 5.41) is 8.62. The predicted octanol–water partition coefficient (Wildman–Crippen LogP) is 1.75. The molecular weight excluding hydrogens is 180 g/mol. The molecule has 0 atom stereocenters. The molecular formula is C11H14O3. The highest BCUT2D eigenvalue weighted by molar-refractivity contribution is 5.43. The van der Waals surface area contributed by atoms with Gasteiger partial charge < -0.3 is 14.6 Å². The van der Waals surface area contributed by atoms with Crippen molar-refractivity contribution in [1.82, 2.24) is 0 Å². The number of benzene rings is 1. The van der Waals surface area contributed by atoms with Gasteiger partial charge in [-0.1, -0.05) is 12.1 Å². The largest absolute Gasteiger partial charge is 0.493 e. The highest BCUT2D eigenvalue weighted by Gasteiger charge is 2.04. The van der Waals surface area contributed by atoms with Gasteiger partial charge in [-0.3, -0.25) is 0 Å². The van der Waals surface area contributed by atoms with E-state index in [1.807, 2.05) is 18.2 Å². The first-order valence-corrected chi connectivity index (χ1v) is 4.33. The van der Waals surface area contributed by atoms with Crippen LogP contribution in [0.15, 0.2) is 30.9 Å². The van der Waals surface area contributed by atoms with E-state index in [0.29, 0.717) is 11.5 Å². The van der Waals surface area contributed by atoms with Crippen LogP contribution in [0, 0.1) is 0 Å². The standard InChI is InChI=1S/C11H14O3/c1-3-4-9-5-6-10(14-8-12)11(7-9)13-2/h3,5-7,12H,1,4,8H2,2H3. The molecule has 1 aromatic rings. The molecule has 14 heavy (non-hydrogen) atoms. The summed E-state index contributed by atoms with van der Waals surface area (Å²) in [7, 11) is 1.57. The van der Waals surface area contributed by atoms with Crippen molar-refractivity contribution < 1.29 is 14.6 Å². The van der Waals surface area contributed by atoms with Crippen molar-refractivity contribution in [2.24, 2.45) is 0 Å². The van der Waals surface area contributed by atoms with Crippen LogP contribution in [-0.2, 0) is 6.42 Å². The molecule has 3 heteroatoms. The molecule has 3 nitrogen and oxygen atoms in total. The summed E-state index contributed by atoms with van der Waals surface area (Å²) in [4.78, 5) is 0. The summed E-state index contributed by atoms with van der Waals surface area (Å²) in [6.45, 7) is 3.31. The highest BCUT2D eigenvalue weighted by Crippen LogP contribution is 2.27. The van der Waals surface area contributed by atoms with Gasteiger partial charge in [0, 0.05) is 0 Å². The van der Waals surface area contributed by atoms with Crippen LogP contribution in [0.5, 0.6) is 11.5 Å². The third kappa shape index (κ3) is 2.50. The highest BCUT2D eigenvalue weighted by atomic mass is 16.6. The monoisotopic (exact) mass is 194 g/mol. The topological polar surface area (TPSA) is 38.7 Å². The molecule has 1 aromatic carbocycles. The second-order valence-corrected chi connectivity index (χ2v) is 2.75. The van der Waals surface area contributed by atoms with Gasteiger partial charge in [0.2, 0.25) is 0 Å². The van der Waals surface area contributed by atoms with Gasteiger partial charge in [0.15, 0.2) is 18.3 Å². The molecule has 0 aliphatic carbocycles. The number of methoxy groups -OCH3 is 1. The lowest BCUT2D eigenvalue weighted by atomic mass is 10.1. The van der Waals surface area contributed by atoms with E-state index in [0.717, 1.165) is 12.0 Å². The summed E-state index contributed by atoms with van der Waals surface area (Å²) < 4.78 is 10.1. The lowest BCUT2D eigenvalue weighted by molar-refractivity contribution is 0.0954. The Hall–Kier alpha value is -1.48. The van der Waals surface area contributed by atoms with Crippen LogP contribution in [0.4, 0.5) is 0 Å². The predicted molar refractivity (Wildman–Crippen MR) is 54.6 cm³/mol. The fourth-order valence-electron chi connectivity index (χ4n) is 1.19. The van der Waals surface area contributed by atoms with Crippen LogP contribution >= 0.6 is 0 Å². The lowest BCUT2D eigenvalue weighted by Gasteiger charge is -2.09. The Bertz CT molecular complexity index is 307. The van der Waals surface area contributed by atoms with Gasteiger partial charge in [0.1, 0.15) is 0 Å². The van der Waals surface area contributed by atoms with E-state index in [9.17, 15) is 0 Å². The average Bonchev–Trinajstić information content (AvgIpc) is 2.21. The van der Waals surface area contributed by atoms with Gasteiger partial charge in [-0.2, -0.15) is 0 Å². The number of allylic oxidation sites excluding steroid dienone is 1. The molecule has 0 bridgehead atoms. The number of hydrogen-bond donors (Lipinski definition) is 1. The Balaban J connectivity index is 2.92. The van der Waals surface area contributed by atoms with E-state index >= 15 is 0 Å². The van der Waals surface area contributed by atoms with Crippen molar-refractivity contribution in [3.8, 4) is 11.5 Å². The fourth-order valence-corrected chi connectivity index (χ4v) is 1.19. The molecule has 76 valence electrons. The van der Waals surface area contributed by atoms with Gasteiger partial charge in [-0.05, 0) is 24.1 Å².